The zero-order valence-electron chi connectivity index (χ0n) is 7.01. The molecule has 0 aliphatic rings. The Morgan fingerprint density at radius 3 is 1.80 bits per heavy atom. The summed E-state index contributed by atoms with van der Waals surface area (Å²) in [5.41, 5.74) is 0. The van der Waals surface area contributed by atoms with Crippen molar-refractivity contribution in [1.82, 2.24) is 0 Å². The molecule has 1 atom stereocenters. The summed E-state index contributed by atoms with van der Waals surface area (Å²) in [6.45, 7) is 2.70. The van der Waals surface area contributed by atoms with Crippen LogP contribution in [0.1, 0.15) is 6.42 Å². The van der Waals surface area contributed by atoms with Gasteiger partial charge in [-0.25, -0.2) is 0 Å². The van der Waals surface area contributed by atoms with Crippen LogP contribution in [0.5, 0.6) is 0 Å². The molecule has 9 heteroatoms. The minimum absolute atomic E-state index is 0.294. The largest absolute Gasteiger partial charge is 0.421 e. The van der Waals surface area contributed by atoms with Crippen LogP contribution in [0, 0.1) is 0 Å². The van der Waals surface area contributed by atoms with Crippen LogP contribution in [0.25, 0.3) is 0 Å². The highest BCUT2D eigenvalue weighted by Gasteiger charge is 2.70. The van der Waals surface area contributed by atoms with Crippen molar-refractivity contribution in [3.8, 4) is 0 Å². The number of hydrogen-bond donors (Lipinski definition) is 0. The SMILES string of the molecule is C=CCC(C(=O)F)(C(F)(F)F)S(=O)(=O)F. The standard InChI is InChI=1S/C6H5F5O3S/c1-2-3-5(4(7)12,6(8,9)10)15(11,13)14/h2H,1,3H2. The summed E-state index contributed by atoms with van der Waals surface area (Å²) < 4.78 is 76.9. The van der Waals surface area contributed by atoms with Gasteiger partial charge >= 0.3 is 22.4 Å². The van der Waals surface area contributed by atoms with Crippen LogP contribution in [0.15, 0.2) is 12.7 Å². The van der Waals surface area contributed by atoms with Gasteiger partial charge in [-0.2, -0.15) is 26.0 Å². The maximum absolute atomic E-state index is 12.4. The van der Waals surface area contributed by atoms with Crippen LogP contribution in [-0.4, -0.2) is 25.4 Å². The summed E-state index contributed by atoms with van der Waals surface area (Å²) in [6, 6.07) is -3.32. The van der Waals surface area contributed by atoms with E-state index in [4.69, 9.17) is 0 Å². The van der Waals surface area contributed by atoms with E-state index in [0.717, 1.165) is 0 Å². The smallest absolute Gasteiger partial charge is 0.259 e. The van der Waals surface area contributed by atoms with E-state index in [1.807, 2.05) is 0 Å². The van der Waals surface area contributed by atoms with Crippen molar-refractivity contribution in [2.75, 3.05) is 0 Å². The molecule has 0 fully saturated rings. The van der Waals surface area contributed by atoms with Gasteiger partial charge in [0, 0.05) is 6.42 Å². The summed E-state index contributed by atoms with van der Waals surface area (Å²) >= 11 is 0. The molecule has 0 aromatic rings. The van der Waals surface area contributed by atoms with Gasteiger partial charge in [-0.1, -0.05) is 6.08 Å². The van der Waals surface area contributed by atoms with Gasteiger partial charge < -0.3 is 0 Å². The molecule has 0 N–H and O–H groups in total. The van der Waals surface area contributed by atoms with Gasteiger partial charge in [0.2, 0.25) is 0 Å². The Hall–Kier alpha value is -0.990. The van der Waals surface area contributed by atoms with Crippen LogP contribution >= 0.6 is 0 Å². The number of halogens is 5. The van der Waals surface area contributed by atoms with Gasteiger partial charge in [-0.3, -0.25) is 4.79 Å². The first kappa shape index (κ1) is 14.0. The zero-order chi connectivity index (χ0) is 12.5. The van der Waals surface area contributed by atoms with E-state index < -0.39 is 33.6 Å². The van der Waals surface area contributed by atoms with Gasteiger partial charge in [0.25, 0.3) is 4.75 Å². The Labute approximate surface area is 81.8 Å². The highest BCUT2D eigenvalue weighted by atomic mass is 32.3. The van der Waals surface area contributed by atoms with Crippen LogP contribution in [0.4, 0.5) is 21.4 Å². The molecule has 15 heavy (non-hydrogen) atoms. The number of carbonyl (C=O) groups excluding carboxylic acids is 1. The van der Waals surface area contributed by atoms with E-state index in [9.17, 15) is 34.7 Å². The number of rotatable bonds is 4. The quantitative estimate of drug-likeness (QED) is 0.434. The second-order valence-corrected chi connectivity index (χ2v) is 4.10. The molecule has 0 spiro atoms. The van der Waals surface area contributed by atoms with Crippen molar-refractivity contribution in [2.24, 2.45) is 0 Å². The molecule has 0 aromatic heterocycles. The molecule has 0 heterocycles. The summed E-state index contributed by atoms with van der Waals surface area (Å²) in [6.07, 6.45) is -7.31. The first-order valence-electron chi connectivity index (χ1n) is 3.32. The summed E-state index contributed by atoms with van der Waals surface area (Å²) in [5.74, 6) is 0. The highest BCUT2D eigenvalue weighted by molar-refractivity contribution is 7.88. The first-order chi connectivity index (χ1) is 6.50. The lowest BCUT2D eigenvalue weighted by atomic mass is 10.1. The second-order valence-electron chi connectivity index (χ2n) is 2.53. The Morgan fingerprint density at radius 2 is 1.73 bits per heavy atom. The maximum Gasteiger partial charge on any atom is 0.421 e. The molecule has 0 bridgehead atoms. The minimum Gasteiger partial charge on any atom is -0.259 e. The molecular weight excluding hydrogens is 247 g/mol. The van der Waals surface area contributed by atoms with Gasteiger partial charge in [0.05, 0.1) is 0 Å². The fourth-order valence-electron chi connectivity index (χ4n) is 0.844. The zero-order valence-corrected chi connectivity index (χ0v) is 7.83. The molecule has 0 rings (SSSR count). The average Bonchev–Trinajstić information content (AvgIpc) is 1.93. The van der Waals surface area contributed by atoms with E-state index in [-0.39, 0.29) is 0 Å². The third kappa shape index (κ3) is 2.16. The summed E-state index contributed by atoms with van der Waals surface area (Å²) in [4.78, 5) is 10.1. The topological polar surface area (TPSA) is 51.2 Å². The van der Waals surface area contributed by atoms with Crippen LogP contribution in [-0.2, 0) is 15.0 Å². The average molecular weight is 252 g/mol. The van der Waals surface area contributed by atoms with Crippen molar-refractivity contribution < 1.29 is 34.7 Å². The normalized spacial score (nSPS) is 16.9. The van der Waals surface area contributed by atoms with Crippen molar-refractivity contribution in [2.45, 2.75) is 17.3 Å². The Balaban J connectivity index is 5.95. The molecule has 0 saturated heterocycles. The number of hydrogen-bond acceptors (Lipinski definition) is 3. The van der Waals surface area contributed by atoms with E-state index in [0.29, 0.717) is 6.08 Å². The van der Waals surface area contributed by atoms with E-state index >= 15 is 0 Å². The molecule has 0 aliphatic carbocycles. The monoisotopic (exact) mass is 252 g/mol. The van der Waals surface area contributed by atoms with Crippen LogP contribution in [0.2, 0.25) is 0 Å². The Bertz CT molecular complexity index is 371. The maximum atomic E-state index is 12.4. The predicted octanol–water partition coefficient (Wildman–Crippen LogP) is 1.66. The molecule has 88 valence electrons. The fourth-order valence-corrected chi connectivity index (χ4v) is 1.63. The molecule has 0 radical (unpaired) electrons. The van der Waals surface area contributed by atoms with Crippen molar-refractivity contribution in [3.05, 3.63) is 12.7 Å². The number of allylic oxidation sites excluding steroid dienone is 1. The lowest BCUT2D eigenvalue weighted by Crippen LogP contribution is -2.54. The second kappa shape index (κ2) is 3.87. The molecule has 0 saturated carbocycles. The van der Waals surface area contributed by atoms with Crippen molar-refractivity contribution in [1.29, 1.82) is 0 Å². The molecule has 0 aromatic carbocycles. The van der Waals surface area contributed by atoms with Gasteiger partial charge in [0.1, 0.15) is 0 Å². The number of alkyl halides is 3. The lowest BCUT2D eigenvalue weighted by Gasteiger charge is -2.25. The summed E-state index contributed by atoms with van der Waals surface area (Å²) in [7, 11) is -6.47. The number of carbonyl (C=O) groups is 1. The molecular formula is C6H5F5O3S. The first-order valence-corrected chi connectivity index (χ1v) is 4.71. The Morgan fingerprint density at radius 1 is 1.33 bits per heavy atom. The van der Waals surface area contributed by atoms with Gasteiger partial charge in [-0.15, -0.1) is 10.5 Å². The van der Waals surface area contributed by atoms with Crippen LogP contribution < -0.4 is 0 Å². The van der Waals surface area contributed by atoms with Crippen molar-refractivity contribution >= 4 is 16.3 Å². The van der Waals surface area contributed by atoms with Gasteiger partial charge in [0.15, 0.2) is 0 Å². The molecule has 3 nitrogen and oxygen atoms in total. The summed E-state index contributed by atoms with van der Waals surface area (Å²) in [5, 5.41) is 0. The van der Waals surface area contributed by atoms with E-state index in [1.165, 1.54) is 0 Å². The van der Waals surface area contributed by atoms with Crippen molar-refractivity contribution in [3.63, 3.8) is 0 Å². The molecule has 0 amide bonds. The third-order valence-electron chi connectivity index (χ3n) is 1.62. The lowest BCUT2D eigenvalue weighted by molar-refractivity contribution is -0.178. The van der Waals surface area contributed by atoms with E-state index in [1.54, 1.807) is 0 Å². The predicted molar refractivity (Wildman–Crippen MR) is 39.7 cm³/mol. The minimum atomic E-state index is -6.47. The Kier molecular flexibility index (Phi) is 3.62. The third-order valence-corrected chi connectivity index (χ3v) is 3.01. The van der Waals surface area contributed by atoms with Gasteiger partial charge in [-0.05, 0) is 0 Å². The molecule has 0 aliphatic heterocycles. The van der Waals surface area contributed by atoms with Crippen LogP contribution in [0.3, 0.4) is 0 Å². The van der Waals surface area contributed by atoms with E-state index in [2.05, 4.69) is 6.58 Å². The highest BCUT2D eigenvalue weighted by Crippen LogP contribution is 2.42. The molecule has 1 unspecified atom stereocenters. The fraction of sp³-hybridized carbons (Fsp3) is 0.500.